The van der Waals surface area contributed by atoms with E-state index in [9.17, 15) is 9.59 Å². The summed E-state index contributed by atoms with van der Waals surface area (Å²) in [5.74, 6) is -0.0622. The van der Waals surface area contributed by atoms with Crippen molar-refractivity contribution in [1.29, 1.82) is 0 Å². The van der Waals surface area contributed by atoms with E-state index in [1.165, 1.54) is 24.1 Å². The van der Waals surface area contributed by atoms with Gasteiger partial charge in [0.1, 0.15) is 0 Å². The molecule has 0 bridgehead atoms. The molecule has 5 rings (SSSR count). The molecule has 2 fully saturated rings. The first-order valence-corrected chi connectivity index (χ1v) is 10.8. The first-order valence-electron chi connectivity index (χ1n) is 10.8. The fourth-order valence-electron chi connectivity index (χ4n) is 5.55. The molecular formula is C23H30ClN3O2. The minimum absolute atomic E-state index is 0. The number of anilines is 1. The fourth-order valence-corrected chi connectivity index (χ4v) is 5.55. The van der Waals surface area contributed by atoms with Crippen LogP contribution in [0.3, 0.4) is 0 Å². The maximum atomic E-state index is 12.6. The van der Waals surface area contributed by atoms with Crippen molar-refractivity contribution in [2.45, 2.75) is 38.1 Å². The molecular weight excluding hydrogens is 386 g/mol. The lowest BCUT2D eigenvalue weighted by Gasteiger charge is -2.46. The normalized spacial score (nSPS) is 28.6. The lowest BCUT2D eigenvalue weighted by molar-refractivity contribution is -0.140. The number of nitrogens with zero attached hydrogens (tertiary/aromatic N) is 3. The van der Waals surface area contributed by atoms with E-state index in [-0.39, 0.29) is 36.1 Å². The molecule has 3 atom stereocenters. The number of fused-ring (bicyclic) bond motifs is 4. The number of para-hydroxylation sites is 1. The molecule has 0 saturated carbocycles. The van der Waals surface area contributed by atoms with E-state index >= 15 is 0 Å². The van der Waals surface area contributed by atoms with E-state index in [1.54, 1.807) is 4.90 Å². The van der Waals surface area contributed by atoms with Gasteiger partial charge in [-0.2, -0.15) is 0 Å². The molecule has 3 heterocycles. The van der Waals surface area contributed by atoms with Crippen LogP contribution in [0.4, 0.5) is 5.69 Å². The molecule has 6 heteroatoms. The van der Waals surface area contributed by atoms with Gasteiger partial charge in [0.2, 0.25) is 11.8 Å². The van der Waals surface area contributed by atoms with Crippen LogP contribution < -0.4 is 4.90 Å². The Hall–Kier alpha value is -1.85. The Morgan fingerprint density at radius 1 is 0.931 bits per heavy atom. The highest BCUT2D eigenvalue weighted by atomic mass is 35.5. The number of benzene rings is 1. The van der Waals surface area contributed by atoms with Crippen LogP contribution >= 0.6 is 12.4 Å². The third-order valence-electron chi connectivity index (χ3n) is 7.07. The molecule has 1 aromatic carbocycles. The predicted octanol–water partition coefficient (Wildman–Crippen LogP) is 2.89. The second-order valence-electron chi connectivity index (χ2n) is 8.65. The Kier molecular flexibility index (Phi) is 5.98. The Bertz CT molecular complexity index is 785. The monoisotopic (exact) mass is 415 g/mol. The van der Waals surface area contributed by atoms with Crippen molar-refractivity contribution in [3.8, 4) is 0 Å². The van der Waals surface area contributed by atoms with Gasteiger partial charge >= 0.3 is 0 Å². The second-order valence-corrected chi connectivity index (χ2v) is 8.65. The van der Waals surface area contributed by atoms with Crippen molar-refractivity contribution in [3.05, 3.63) is 42.0 Å². The van der Waals surface area contributed by atoms with Gasteiger partial charge in [-0.1, -0.05) is 30.4 Å². The average molecular weight is 416 g/mol. The van der Waals surface area contributed by atoms with Crippen LogP contribution in [0.25, 0.3) is 0 Å². The first kappa shape index (κ1) is 20.4. The van der Waals surface area contributed by atoms with Crippen molar-refractivity contribution in [1.82, 2.24) is 9.80 Å². The van der Waals surface area contributed by atoms with Crippen LogP contribution in [-0.4, -0.2) is 60.4 Å². The number of hydrogen-bond donors (Lipinski definition) is 0. The molecule has 2 saturated heterocycles. The van der Waals surface area contributed by atoms with E-state index in [4.69, 9.17) is 0 Å². The van der Waals surface area contributed by atoms with Gasteiger partial charge in [0.05, 0.1) is 11.8 Å². The molecule has 3 aliphatic heterocycles. The average Bonchev–Trinajstić information content (AvgIpc) is 2.98. The molecule has 5 nitrogen and oxygen atoms in total. The van der Waals surface area contributed by atoms with E-state index in [0.29, 0.717) is 12.6 Å². The van der Waals surface area contributed by atoms with Gasteiger partial charge in [-0.15, -0.1) is 12.4 Å². The number of piperazine rings is 1. The number of imide groups is 1. The summed E-state index contributed by atoms with van der Waals surface area (Å²) in [6.45, 7) is 4.77. The third-order valence-corrected chi connectivity index (χ3v) is 7.07. The zero-order valence-corrected chi connectivity index (χ0v) is 17.7. The van der Waals surface area contributed by atoms with Crippen molar-refractivity contribution >= 4 is 29.9 Å². The molecule has 0 spiro atoms. The maximum absolute atomic E-state index is 12.6. The number of aryl methyl sites for hydroxylation is 1. The summed E-state index contributed by atoms with van der Waals surface area (Å²) in [5, 5.41) is 0. The fraction of sp³-hybridized carbons (Fsp3) is 0.565. The van der Waals surface area contributed by atoms with E-state index in [1.807, 2.05) is 0 Å². The van der Waals surface area contributed by atoms with Gasteiger partial charge in [0, 0.05) is 37.9 Å². The molecule has 2 amide bonds. The van der Waals surface area contributed by atoms with Crippen LogP contribution in [0.1, 0.15) is 31.2 Å². The van der Waals surface area contributed by atoms with Crippen molar-refractivity contribution in [2.75, 3.05) is 37.6 Å². The molecule has 156 valence electrons. The summed E-state index contributed by atoms with van der Waals surface area (Å²) in [6.07, 6.45) is 8.84. The summed E-state index contributed by atoms with van der Waals surface area (Å²) < 4.78 is 0. The minimum Gasteiger partial charge on any atom is -0.366 e. The van der Waals surface area contributed by atoms with Gasteiger partial charge in [0.25, 0.3) is 0 Å². The second kappa shape index (κ2) is 8.49. The Balaban J connectivity index is 0.00000205. The Morgan fingerprint density at radius 2 is 1.66 bits per heavy atom. The maximum Gasteiger partial charge on any atom is 0.233 e. The number of halogens is 1. The van der Waals surface area contributed by atoms with Gasteiger partial charge in [0.15, 0.2) is 0 Å². The number of amides is 2. The molecule has 1 aromatic rings. The van der Waals surface area contributed by atoms with Crippen LogP contribution in [0.5, 0.6) is 0 Å². The first-order chi connectivity index (χ1) is 13.7. The van der Waals surface area contributed by atoms with Crippen LogP contribution in [0.15, 0.2) is 36.4 Å². The summed E-state index contributed by atoms with van der Waals surface area (Å²) in [5.41, 5.74) is 2.90. The highest BCUT2D eigenvalue weighted by Crippen LogP contribution is 2.35. The topological polar surface area (TPSA) is 43.9 Å². The van der Waals surface area contributed by atoms with Crippen molar-refractivity contribution < 1.29 is 9.59 Å². The lowest BCUT2D eigenvalue weighted by Crippen LogP contribution is -2.55. The molecule has 4 aliphatic rings. The van der Waals surface area contributed by atoms with Gasteiger partial charge in [-0.05, 0) is 50.3 Å². The Labute approximate surface area is 179 Å². The lowest BCUT2D eigenvalue weighted by atomic mass is 9.85. The highest BCUT2D eigenvalue weighted by molar-refractivity contribution is 6.05. The van der Waals surface area contributed by atoms with Crippen LogP contribution in [0.2, 0.25) is 0 Å². The van der Waals surface area contributed by atoms with Crippen molar-refractivity contribution in [2.24, 2.45) is 11.8 Å². The van der Waals surface area contributed by atoms with Gasteiger partial charge in [-0.3, -0.25) is 19.4 Å². The van der Waals surface area contributed by atoms with E-state index in [2.05, 4.69) is 46.2 Å². The zero-order valence-electron chi connectivity index (χ0n) is 16.8. The summed E-state index contributed by atoms with van der Waals surface area (Å²) in [6, 6.07) is 9.39. The largest absolute Gasteiger partial charge is 0.366 e. The zero-order chi connectivity index (χ0) is 19.1. The molecule has 29 heavy (non-hydrogen) atoms. The molecule has 0 radical (unpaired) electrons. The number of likely N-dealkylation sites (tertiary alicyclic amines) is 1. The summed E-state index contributed by atoms with van der Waals surface area (Å²) in [7, 11) is 0. The molecule has 1 aliphatic carbocycles. The Morgan fingerprint density at radius 3 is 2.41 bits per heavy atom. The number of carbonyl (C=O) groups excluding carboxylic acids is 2. The molecule has 0 N–H and O–H groups in total. The number of allylic oxidation sites excluding steroid dienone is 2. The highest BCUT2D eigenvalue weighted by Gasteiger charge is 2.46. The number of rotatable bonds is 4. The minimum atomic E-state index is -0.0941. The smallest absolute Gasteiger partial charge is 0.233 e. The van der Waals surface area contributed by atoms with E-state index < -0.39 is 0 Å². The summed E-state index contributed by atoms with van der Waals surface area (Å²) >= 11 is 0. The molecule has 3 unspecified atom stereocenters. The number of carbonyl (C=O) groups is 2. The number of hydrogen-bond acceptors (Lipinski definition) is 4. The standard InChI is InChI=1S/C23H29N3O2.ClH/c27-22-19-7-2-3-8-20(19)23(28)26(22)13-5-12-24-14-15-25-18(16-24)11-10-17-6-1-4-9-21(17)25;/h1-4,6,9,18-20H,5,7-8,10-16H2;1H. The quantitative estimate of drug-likeness (QED) is 0.560. The van der Waals surface area contributed by atoms with Gasteiger partial charge < -0.3 is 4.90 Å². The van der Waals surface area contributed by atoms with Crippen LogP contribution in [0, 0.1) is 11.8 Å². The van der Waals surface area contributed by atoms with E-state index in [0.717, 1.165) is 45.4 Å². The van der Waals surface area contributed by atoms with Gasteiger partial charge in [-0.25, -0.2) is 0 Å². The third kappa shape index (κ3) is 3.71. The summed E-state index contributed by atoms with van der Waals surface area (Å²) in [4.78, 5) is 31.8. The SMILES string of the molecule is Cl.O=C1C2CC=CCC2C(=O)N1CCCN1CCN2c3ccccc3CCC2C1. The predicted molar refractivity (Wildman–Crippen MR) is 116 cm³/mol. The molecule has 0 aromatic heterocycles. The van der Waals surface area contributed by atoms with Crippen molar-refractivity contribution in [3.63, 3.8) is 0 Å². The van der Waals surface area contributed by atoms with Crippen LogP contribution in [-0.2, 0) is 16.0 Å².